The molecule has 5 unspecified atom stereocenters. The Morgan fingerprint density at radius 1 is 0.615 bits per heavy atom. The van der Waals surface area contributed by atoms with Crippen molar-refractivity contribution in [2.24, 2.45) is 11.8 Å². The fraction of sp³-hybridized carbons (Fsp3) is 1.00. The van der Waals surface area contributed by atoms with E-state index in [0.717, 1.165) is 11.8 Å². The molecule has 0 amide bonds. The SMILES string of the molecule is C1CC2OC2CC1C1CC2OC2C1. The Kier molecular flexibility index (Phi) is 1.28. The van der Waals surface area contributed by atoms with Crippen molar-refractivity contribution < 1.29 is 9.47 Å². The first-order chi connectivity index (χ1) is 6.40. The molecule has 2 saturated carbocycles. The second-order valence-electron chi connectivity index (χ2n) is 5.23. The number of rotatable bonds is 1. The molecule has 2 heterocycles. The van der Waals surface area contributed by atoms with Crippen LogP contribution in [0.1, 0.15) is 32.1 Å². The molecule has 0 aromatic rings. The lowest BCUT2D eigenvalue weighted by Gasteiger charge is -2.25. The summed E-state index contributed by atoms with van der Waals surface area (Å²) in [5.41, 5.74) is 0. The van der Waals surface area contributed by atoms with Gasteiger partial charge in [0, 0.05) is 0 Å². The van der Waals surface area contributed by atoms with Gasteiger partial charge in [-0.25, -0.2) is 0 Å². The Morgan fingerprint density at radius 3 is 2.00 bits per heavy atom. The summed E-state index contributed by atoms with van der Waals surface area (Å²) in [6, 6.07) is 0. The van der Waals surface area contributed by atoms with E-state index >= 15 is 0 Å². The van der Waals surface area contributed by atoms with Crippen LogP contribution in [0, 0.1) is 11.8 Å². The van der Waals surface area contributed by atoms with Crippen LogP contribution in [0.5, 0.6) is 0 Å². The average molecular weight is 180 g/mol. The van der Waals surface area contributed by atoms with Crippen LogP contribution in [0.4, 0.5) is 0 Å². The van der Waals surface area contributed by atoms with Gasteiger partial charge in [0.25, 0.3) is 0 Å². The quantitative estimate of drug-likeness (QED) is 0.574. The first kappa shape index (κ1) is 7.24. The van der Waals surface area contributed by atoms with Crippen molar-refractivity contribution in [2.75, 3.05) is 0 Å². The molecule has 5 atom stereocenters. The van der Waals surface area contributed by atoms with E-state index in [0.29, 0.717) is 24.4 Å². The Labute approximate surface area is 78.6 Å². The van der Waals surface area contributed by atoms with Crippen LogP contribution in [0.15, 0.2) is 0 Å². The summed E-state index contributed by atoms with van der Waals surface area (Å²) in [6.07, 6.45) is 9.49. The number of hydrogen-bond acceptors (Lipinski definition) is 2. The van der Waals surface area contributed by atoms with Gasteiger partial charge in [-0.05, 0) is 43.9 Å². The molecule has 4 fully saturated rings. The lowest BCUT2D eigenvalue weighted by atomic mass is 9.79. The zero-order chi connectivity index (χ0) is 8.41. The number of hydrogen-bond donors (Lipinski definition) is 0. The highest BCUT2D eigenvalue weighted by Crippen LogP contribution is 2.51. The molecule has 4 aliphatic rings. The first-order valence-corrected chi connectivity index (χ1v) is 5.71. The molecule has 0 bridgehead atoms. The smallest absolute Gasteiger partial charge is 0.0844 e. The van der Waals surface area contributed by atoms with E-state index in [4.69, 9.17) is 9.47 Å². The maximum Gasteiger partial charge on any atom is 0.0844 e. The highest BCUT2D eigenvalue weighted by molar-refractivity contribution is 5.01. The predicted octanol–water partition coefficient (Wildman–Crippen LogP) is 1.73. The molecule has 0 aromatic heterocycles. The number of fused-ring (bicyclic) bond motifs is 2. The molecule has 0 N–H and O–H groups in total. The van der Waals surface area contributed by atoms with E-state index in [1.807, 2.05) is 0 Å². The van der Waals surface area contributed by atoms with Gasteiger partial charge >= 0.3 is 0 Å². The van der Waals surface area contributed by atoms with Gasteiger partial charge in [0.05, 0.1) is 24.4 Å². The second kappa shape index (κ2) is 2.29. The topological polar surface area (TPSA) is 25.1 Å². The Balaban J connectivity index is 1.43. The molecule has 2 aliphatic carbocycles. The minimum absolute atomic E-state index is 0.664. The second-order valence-corrected chi connectivity index (χ2v) is 5.23. The molecule has 0 aromatic carbocycles. The van der Waals surface area contributed by atoms with E-state index in [-0.39, 0.29) is 0 Å². The maximum absolute atomic E-state index is 5.57. The lowest BCUT2D eigenvalue weighted by Crippen LogP contribution is -2.21. The van der Waals surface area contributed by atoms with Crippen LogP contribution >= 0.6 is 0 Å². The summed E-state index contributed by atoms with van der Waals surface area (Å²) in [5, 5.41) is 0. The highest BCUT2D eigenvalue weighted by atomic mass is 16.6. The van der Waals surface area contributed by atoms with Crippen molar-refractivity contribution >= 4 is 0 Å². The lowest BCUT2D eigenvalue weighted by molar-refractivity contribution is 0.191. The van der Waals surface area contributed by atoms with Crippen molar-refractivity contribution in [1.29, 1.82) is 0 Å². The molecular weight excluding hydrogens is 164 g/mol. The molecule has 2 aliphatic heterocycles. The van der Waals surface area contributed by atoms with Crippen molar-refractivity contribution in [3.05, 3.63) is 0 Å². The van der Waals surface area contributed by atoms with Gasteiger partial charge in [0.2, 0.25) is 0 Å². The summed E-state index contributed by atoms with van der Waals surface area (Å²) >= 11 is 0. The molecule has 2 heteroatoms. The van der Waals surface area contributed by atoms with Gasteiger partial charge in [-0.3, -0.25) is 0 Å². The molecule has 2 saturated heterocycles. The fourth-order valence-corrected chi connectivity index (χ4v) is 3.53. The van der Waals surface area contributed by atoms with E-state index in [1.165, 1.54) is 32.1 Å². The van der Waals surface area contributed by atoms with E-state index < -0.39 is 0 Å². The van der Waals surface area contributed by atoms with Crippen molar-refractivity contribution in [3.63, 3.8) is 0 Å². The zero-order valence-corrected chi connectivity index (χ0v) is 7.82. The summed E-state index contributed by atoms with van der Waals surface area (Å²) in [6.45, 7) is 0. The molecule has 0 spiro atoms. The van der Waals surface area contributed by atoms with Gasteiger partial charge in [0.1, 0.15) is 0 Å². The monoisotopic (exact) mass is 180 g/mol. The highest BCUT2D eigenvalue weighted by Gasteiger charge is 2.53. The van der Waals surface area contributed by atoms with Crippen molar-refractivity contribution in [3.8, 4) is 0 Å². The van der Waals surface area contributed by atoms with E-state index in [2.05, 4.69) is 0 Å². The van der Waals surface area contributed by atoms with Gasteiger partial charge in [0.15, 0.2) is 0 Å². The molecule has 4 rings (SSSR count). The van der Waals surface area contributed by atoms with Crippen LogP contribution in [0.2, 0.25) is 0 Å². The van der Waals surface area contributed by atoms with Gasteiger partial charge < -0.3 is 9.47 Å². The third-order valence-corrected chi connectivity index (χ3v) is 4.47. The van der Waals surface area contributed by atoms with Crippen LogP contribution < -0.4 is 0 Å². The Hall–Kier alpha value is -0.0800. The zero-order valence-electron chi connectivity index (χ0n) is 7.82. The Morgan fingerprint density at radius 2 is 1.23 bits per heavy atom. The third kappa shape index (κ3) is 1.08. The predicted molar refractivity (Wildman–Crippen MR) is 47.4 cm³/mol. The number of epoxide rings is 2. The van der Waals surface area contributed by atoms with Gasteiger partial charge in [-0.15, -0.1) is 0 Å². The summed E-state index contributed by atoms with van der Waals surface area (Å²) in [4.78, 5) is 0. The van der Waals surface area contributed by atoms with Crippen LogP contribution in [-0.2, 0) is 9.47 Å². The van der Waals surface area contributed by atoms with Crippen molar-refractivity contribution in [1.82, 2.24) is 0 Å². The summed E-state index contributed by atoms with van der Waals surface area (Å²) < 4.78 is 11.1. The van der Waals surface area contributed by atoms with E-state index in [1.54, 1.807) is 0 Å². The Bertz CT molecular complexity index is 230. The minimum Gasteiger partial charge on any atom is -0.370 e. The van der Waals surface area contributed by atoms with Gasteiger partial charge in [-0.2, -0.15) is 0 Å². The summed E-state index contributed by atoms with van der Waals surface area (Å²) in [5.74, 6) is 1.95. The molecule has 13 heavy (non-hydrogen) atoms. The van der Waals surface area contributed by atoms with Crippen molar-refractivity contribution in [2.45, 2.75) is 56.5 Å². The van der Waals surface area contributed by atoms with Crippen LogP contribution in [-0.4, -0.2) is 24.4 Å². The minimum atomic E-state index is 0.664. The van der Waals surface area contributed by atoms with Gasteiger partial charge in [-0.1, -0.05) is 0 Å². The normalized spacial score (nSPS) is 62.8. The fourth-order valence-electron chi connectivity index (χ4n) is 3.53. The van der Waals surface area contributed by atoms with Crippen LogP contribution in [0.3, 0.4) is 0 Å². The third-order valence-electron chi connectivity index (χ3n) is 4.47. The van der Waals surface area contributed by atoms with E-state index in [9.17, 15) is 0 Å². The molecular formula is C11H16O2. The molecule has 72 valence electrons. The summed E-state index contributed by atoms with van der Waals surface area (Å²) in [7, 11) is 0. The standard InChI is InChI=1S/C11H16O2/c1-2-8-9(12-8)3-6(1)7-4-10-11(5-7)13-10/h6-11H,1-5H2. The van der Waals surface area contributed by atoms with Crippen LogP contribution in [0.25, 0.3) is 0 Å². The molecule has 2 nitrogen and oxygen atoms in total. The first-order valence-electron chi connectivity index (χ1n) is 5.71. The largest absolute Gasteiger partial charge is 0.370 e. The number of ether oxygens (including phenoxy) is 2. The molecule has 0 radical (unpaired) electrons. The average Bonchev–Trinajstić information content (AvgIpc) is 3.04. The maximum atomic E-state index is 5.57.